The summed E-state index contributed by atoms with van der Waals surface area (Å²) in [4.78, 5) is 6.88. The summed E-state index contributed by atoms with van der Waals surface area (Å²) in [7, 11) is 0. The Balaban J connectivity index is 2.27. The highest BCUT2D eigenvalue weighted by Gasteiger charge is 2.32. The fourth-order valence-electron chi connectivity index (χ4n) is 3.17. The van der Waals surface area contributed by atoms with Crippen LogP contribution in [-0.4, -0.2) is 28.5 Å². The second-order valence-electron chi connectivity index (χ2n) is 6.03. The molecular formula is C16H27N3. The molecule has 0 aliphatic carbocycles. The number of hydrogen-bond acceptors (Lipinski definition) is 3. The summed E-state index contributed by atoms with van der Waals surface area (Å²) in [6.45, 7) is 7.99. The molecule has 3 nitrogen and oxygen atoms in total. The molecule has 19 heavy (non-hydrogen) atoms. The Morgan fingerprint density at radius 1 is 1.42 bits per heavy atom. The Labute approximate surface area is 117 Å². The van der Waals surface area contributed by atoms with Gasteiger partial charge in [0.05, 0.1) is 6.04 Å². The van der Waals surface area contributed by atoms with Crippen molar-refractivity contribution in [2.75, 3.05) is 6.54 Å². The highest BCUT2D eigenvalue weighted by atomic mass is 15.2. The van der Waals surface area contributed by atoms with Crippen LogP contribution in [0.3, 0.4) is 0 Å². The van der Waals surface area contributed by atoms with E-state index in [1.54, 1.807) is 0 Å². The summed E-state index contributed by atoms with van der Waals surface area (Å²) >= 11 is 0. The second kappa shape index (κ2) is 6.49. The van der Waals surface area contributed by atoms with Crippen molar-refractivity contribution >= 4 is 0 Å². The normalized spacial score (nSPS) is 28.0. The minimum Gasteiger partial charge on any atom is -0.326 e. The van der Waals surface area contributed by atoms with Crippen LogP contribution in [0.5, 0.6) is 0 Å². The number of likely N-dealkylation sites (tertiary alicyclic amines) is 1. The molecule has 0 aromatic carbocycles. The summed E-state index contributed by atoms with van der Waals surface area (Å²) in [5.41, 5.74) is 7.68. The van der Waals surface area contributed by atoms with Gasteiger partial charge in [-0.3, -0.25) is 9.88 Å². The van der Waals surface area contributed by atoms with Gasteiger partial charge in [0.2, 0.25) is 0 Å². The zero-order chi connectivity index (χ0) is 13.8. The van der Waals surface area contributed by atoms with E-state index in [1.165, 1.54) is 18.4 Å². The molecule has 1 saturated heterocycles. The van der Waals surface area contributed by atoms with Gasteiger partial charge in [0.25, 0.3) is 0 Å². The van der Waals surface area contributed by atoms with E-state index in [4.69, 9.17) is 5.73 Å². The number of hydrogen-bond donors (Lipinski definition) is 1. The predicted octanol–water partition coefficient (Wildman–Crippen LogP) is 2.98. The molecule has 2 N–H and O–H groups in total. The van der Waals surface area contributed by atoms with Crippen molar-refractivity contribution in [3.05, 3.63) is 30.1 Å². The zero-order valence-corrected chi connectivity index (χ0v) is 12.4. The van der Waals surface area contributed by atoms with Crippen LogP contribution in [0.4, 0.5) is 0 Å². The first-order valence-corrected chi connectivity index (χ1v) is 7.54. The van der Waals surface area contributed by atoms with E-state index in [-0.39, 0.29) is 6.04 Å². The van der Waals surface area contributed by atoms with E-state index in [0.29, 0.717) is 12.1 Å². The Hall–Kier alpha value is -0.930. The maximum atomic E-state index is 6.42. The van der Waals surface area contributed by atoms with E-state index in [2.05, 4.69) is 36.7 Å². The average Bonchev–Trinajstić information content (AvgIpc) is 2.44. The molecule has 3 heteroatoms. The van der Waals surface area contributed by atoms with Gasteiger partial charge in [-0.25, -0.2) is 0 Å². The van der Waals surface area contributed by atoms with Crippen LogP contribution in [-0.2, 0) is 0 Å². The molecule has 1 aromatic rings. The Morgan fingerprint density at radius 3 is 2.84 bits per heavy atom. The highest BCUT2D eigenvalue weighted by Crippen LogP contribution is 2.32. The molecule has 0 saturated carbocycles. The van der Waals surface area contributed by atoms with Gasteiger partial charge in [-0.2, -0.15) is 0 Å². The molecule has 0 amide bonds. The van der Waals surface area contributed by atoms with Gasteiger partial charge in [0.1, 0.15) is 0 Å². The van der Waals surface area contributed by atoms with Gasteiger partial charge in [0, 0.05) is 31.0 Å². The van der Waals surface area contributed by atoms with Crippen molar-refractivity contribution in [2.24, 2.45) is 11.7 Å². The van der Waals surface area contributed by atoms with Gasteiger partial charge in [0.15, 0.2) is 0 Å². The Morgan fingerprint density at radius 2 is 2.21 bits per heavy atom. The first kappa shape index (κ1) is 14.5. The first-order chi connectivity index (χ1) is 9.13. The third-order valence-electron chi connectivity index (χ3n) is 4.43. The third-order valence-corrected chi connectivity index (χ3v) is 4.43. The van der Waals surface area contributed by atoms with Gasteiger partial charge in [-0.15, -0.1) is 0 Å². The highest BCUT2D eigenvalue weighted by molar-refractivity contribution is 5.17. The van der Waals surface area contributed by atoms with Crippen LogP contribution in [0.2, 0.25) is 0 Å². The molecule has 4 unspecified atom stereocenters. The molecule has 1 aliphatic heterocycles. The molecular weight excluding hydrogens is 234 g/mol. The van der Waals surface area contributed by atoms with E-state index in [0.717, 1.165) is 18.9 Å². The monoisotopic (exact) mass is 261 g/mol. The number of rotatable bonds is 4. The largest absolute Gasteiger partial charge is 0.326 e. The van der Waals surface area contributed by atoms with Crippen LogP contribution >= 0.6 is 0 Å². The third kappa shape index (κ3) is 3.34. The number of piperidine rings is 1. The van der Waals surface area contributed by atoms with Crippen LogP contribution in [0.15, 0.2) is 24.5 Å². The van der Waals surface area contributed by atoms with E-state index >= 15 is 0 Å². The molecule has 1 aliphatic rings. The first-order valence-electron chi connectivity index (χ1n) is 7.54. The Kier molecular flexibility index (Phi) is 4.94. The maximum Gasteiger partial charge on any atom is 0.0517 e. The lowest BCUT2D eigenvalue weighted by Crippen LogP contribution is -2.49. The van der Waals surface area contributed by atoms with Crippen molar-refractivity contribution in [2.45, 2.75) is 58.2 Å². The van der Waals surface area contributed by atoms with Crippen molar-refractivity contribution in [1.82, 2.24) is 9.88 Å². The molecule has 0 spiro atoms. The maximum absolute atomic E-state index is 6.42. The predicted molar refractivity (Wildman–Crippen MR) is 79.8 cm³/mol. The van der Waals surface area contributed by atoms with Gasteiger partial charge in [-0.05, 0) is 43.7 Å². The summed E-state index contributed by atoms with van der Waals surface area (Å²) in [5, 5.41) is 0. The summed E-state index contributed by atoms with van der Waals surface area (Å²) in [6, 6.07) is 5.27. The van der Waals surface area contributed by atoms with Gasteiger partial charge >= 0.3 is 0 Å². The smallest absolute Gasteiger partial charge is 0.0517 e. The van der Waals surface area contributed by atoms with Crippen LogP contribution in [0, 0.1) is 5.92 Å². The molecule has 2 heterocycles. The van der Waals surface area contributed by atoms with Crippen molar-refractivity contribution < 1.29 is 0 Å². The second-order valence-corrected chi connectivity index (χ2v) is 6.03. The lowest BCUT2D eigenvalue weighted by atomic mass is 9.89. The fraction of sp³-hybridized carbons (Fsp3) is 0.688. The topological polar surface area (TPSA) is 42.1 Å². The minimum absolute atomic E-state index is 0.178. The molecule has 0 bridgehead atoms. The van der Waals surface area contributed by atoms with Crippen molar-refractivity contribution in [3.8, 4) is 0 Å². The van der Waals surface area contributed by atoms with Crippen LogP contribution in [0.1, 0.15) is 51.6 Å². The molecule has 1 fully saturated rings. The molecule has 106 valence electrons. The minimum atomic E-state index is 0.178. The number of nitrogens with two attached hydrogens (primary N) is 1. The number of aromatic nitrogens is 1. The van der Waals surface area contributed by atoms with Crippen LogP contribution < -0.4 is 5.73 Å². The Bertz CT molecular complexity index is 379. The summed E-state index contributed by atoms with van der Waals surface area (Å²) in [5.74, 6) is 0.763. The summed E-state index contributed by atoms with van der Waals surface area (Å²) in [6.07, 6.45) is 7.41. The van der Waals surface area contributed by atoms with E-state index in [9.17, 15) is 0 Å². The molecule has 2 rings (SSSR count). The number of nitrogens with zero attached hydrogens (tertiary/aromatic N) is 2. The average molecular weight is 261 g/mol. The molecule has 4 atom stereocenters. The van der Waals surface area contributed by atoms with E-state index < -0.39 is 0 Å². The SMILES string of the molecule is CCC(N)C(c1cccnc1)N1CC(C)CCC1C. The molecule has 1 aromatic heterocycles. The van der Waals surface area contributed by atoms with Gasteiger partial charge < -0.3 is 5.73 Å². The summed E-state index contributed by atoms with van der Waals surface area (Å²) < 4.78 is 0. The lowest BCUT2D eigenvalue weighted by molar-refractivity contribution is 0.0623. The number of pyridine rings is 1. The molecule has 0 radical (unpaired) electrons. The van der Waals surface area contributed by atoms with Crippen LogP contribution in [0.25, 0.3) is 0 Å². The van der Waals surface area contributed by atoms with E-state index in [1.807, 2.05) is 18.5 Å². The quantitative estimate of drug-likeness (QED) is 0.906. The zero-order valence-electron chi connectivity index (χ0n) is 12.4. The lowest BCUT2D eigenvalue weighted by Gasteiger charge is -2.44. The van der Waals surface area contributed by atoms with Crippen molar-refractivity contribution in [3.63, 3.8) is 0 Å². The fourth-order valence-corrected chi connectivity index (χ4v) is 3.17. The van der Waals surface area contributed by atoms with Gasteiger partial charge in [-0.1, -0.05) is 19.9 Å². The standard InChI is InChI=1S/C16H27N3/c1-4-15(17)16(14-6-5-9-18-10-14)19-11-12(2)7-8-13(19)3/h5-6,9-10,12-13,15-16H,4,7-8,11,17H2,1-3H3. The van der Waals surface area contributed by atoms with Crippen molar-refractivity contribution in [1.29, 1.82) is 0 Å².